The molecule has 3 nitrogen and oxygen atoms in total. The molecule has 21 heavy (non-hydrogen) atoms. The van der Waals surface area contributed by atoms with E-state index < -0.39 is 0 Å². The molecule has 0 unspecified atom stereocenters. The average Bonchev–Trinajstić information content (AvgIpc) is 2.40. The predicted molar refractivity (Wildman–Crippen MR) is 89.5 cm³/mol. The van der Waals surface area contributed by atoms with Gasteiger partial charge in [0.15, 0.2) is 0 Å². The number of nitrogens with one attached hydrogen (secondary N) is 1. The van der Waals surface area contributed by atoms with E-state index in [2.05, 4.69) is 36.1 Å². The lowest BCUT2D eigenvalue weighted by Crippen LogP contribution is -2.16. The first-order valence-electron chi connectivity index (χ1n) is 6.79. The van der Waals surface area contributed by atoms with Crippen molar-refractivity contribution in [3.05, 3.63) is 51.4 Å². The van der Waals surface area contributed by atoms with E-state index in [4.69, 9.17) is 23.2 Å². The predicted octanol–water partition coefficient (Wildman–Crippen LogP) is 4.71. The topological polar surface area (TPSA) is 37.8 Å². The van der Waals surface area contributed by atoms with Crippen LogP contribution in [-0.2, 0) is 11.8 Å². The highest BCUT2D eigenvalue weighted by atomic mass is 35.5. The van der Waals surface area contributed by atoms with Gasteiger partial charge in [0.25, 0.3) is 0 Å². The van der Waals surface area contributed by atoms with Gasteiger partial charge in [0.05, 0.1) is 5.69 Å². The minimum Gasteiger partial charge on any atom is -0.373 e. The summed E-state index contributed by atoms with van der Waals surface area (Å²) in [4.78, 5) is 9.18. The third-order valence-corrected chi connectivity index (χ3v) is 3.75. The Labute approximate surface area is 135 Å². The van der Waals surface area contributed by atoms with Crippen molar-refractivity contribution in [2.45, 2.75) is 32.6 Å². The van der Waals surface area contributed by atoms with Crippen molar-refractivity contribution < 1.29 is 0 Å². The number of benzene rings is 1. The van der Waals surface area contributed by atoms with Crippen molar-refractivity contribution in [3.8, 4) is 0 Å². The van der Waals surface area contributed by atoms with Crippen LogP contribution in [0.5, 0.6) is 0 Å². The largest absolute Gasteiger partial charge is 0.373 e. The highest BCUT2D eigenvalue weighted by Gasteiger charge is 2.18. The van der Waals surface area contributed by atoms with Gasteiger partial charge in [0.1, 0.15) is 11.6 Å². The molecule has 0 spiro atoms. The molecule has 1 aromatic heterocycles. The van der Waals surface area contributed by atoms with Crippen LogP contribution in [0.15, 0.2) is 24.3 Å². The maximum absolute atomic E-state index is 6.23. The fraction of sp³-hybridized carbons (Fsp3) is 0.375. The molecule has 0 fully saturated rings. The van der Waals surface area contributed by atoms with Crippen molar-refractivity contribution in [3.63, 3.8) is 0 Å². The zero-order valence-corrected chi connectivity index (χ0v) is 14.2. The molecule has 0 aliphatic carbocycles. The second kappa shape index (κ2) is 6.20. The third-order valence-electron chi connectivity index (χ3n) is 3.16. The first-order chi connectivity index (χ1) is 9.79. The Morgan fingerprint density at radius 3 is 2.38 bits per heavy atom. The summed E-state index contributed by atoms with van der Waals surface area (Å²) >= 11 is 12.2. The molecule has 0 saturated heterocycles. The molecule has 1 N–H and O–H groups in total. The van der Waals surface area contributed by atoms with Crippen molar-refractivity contribution in [2.24, 2.45) is 0 Å². The molecule has 0 aliphatic rings. The van der Waals surface area contributed by atoms with Crippen LogP contribution in [0, 0.1) is 0 Å². The summed E-state index contributed by atoms with van der Waals surface area (Å²) in [6.07, 6.45) is 0.578. The molecule has 2 rings (SSSR count). The molecular weight excluding hydrogens is 305 g/mol. The van der Waals surface area contributed by atoms with Gasteiger partial charge in [-0.3, -0.25) is 0 Å². The van der Waals surface area contributed by atoms with Crippen molar-refractivity contribution >= 4 is 29.0 Å². The lowest BCUT2D eigenvalue weighted by atomic mass is 9.92. The molecule has 0 bridgehead atoms. The molecule has 1 heterocycles. The standard InChI is InChI=1S/C16H19Cl2N3/c1-16(2,3)13-9-14(19-4)21-15(20-13)7-10-5-6-11(17)8-12(10)18/h5-6,8-9H,7H2,1-4H3,(H,19,20,21). The summed E-state index contributed by atoms with van der Waals surface area (Å²) < 4.78 is 0. The summed E-state index contributed by atoms with van der Waals surface area (Å²) in [6, 6.07) is 7.46. The van der Waals surface area contributed by atoms with E-state index >= 15 is 0 Å². The minimum absolute atomic E-state index is 0.0346. The quantitative estimate of drug-likeness (QED) is 0.888. The van der Waals surface area contributed by atoms with Gasteiger partial charge in [-0.15, -0.1) is 0 Å². The van der Waals surface area contributed by atoms with Gasteiger partial charge in [0, 0.05) is 35.0 Å². The Kier molecular flexibility index (Phi) is 4.74. The summed E-state index contributed by atoms with van der Waals surface area (Å²) in [5.74, 6) is 1.56. The highest BCUT2D eigenvalue weighted by Crippen LogP contribution is 2.25. The highest BCUT2D eigenvalue weighted by molar-refractivity contribution is 6.35. The Balaban J connectivity index is 2.39. The van der Waals surface area contributed by atoms with Crippen molar-refractivity contribution in [1.82, 2.24) is 9.97 Å². The second-order valence-electron chi connectivity index (χ2n) is 5.97. The van der Waals surface area contributed by atoms with Crippen molar-refractivity contribution in [1.29, 1.82) is 0 Å². The lowest BCUT2D eigenvalue weighted by Gasteiger charge is -2.19. The van der Waals surface area contributed by atoms with Gasteiger partial charge in [-0.25, -0.2) is 9.97 Å². The van der Waals surface area contributed by atoms with Gasteiger partial charge in [0.2, 0.25) is 0 Å². The Morgan fingerprint density at radius 1 is 1.10 bits per heavy atom. The first-order valence-corrected chi connectivity index (χ1v) is 7.55. The van der Waals surface area contributed by atoms with Crippen molar-refractivity contribution in [2.75, 3.05) is 12.4 Å². The van der Waals surface area contributed by atoms with Gasteiger partial charge in [-0.1, -0.05) is 50.0 Å². The van der Waals surface area contributed by atoms with E-state index in [-0.39, 0.29) is 5.41 Å². The van der Waals surface area contributed by atoms with Crippen LogP contribution in [0.25, 0.3) is 0 Å². The molecule has 112 valence electrons. The minimum atomic E-state index is -0.0346. The molecule has 1 aromatic carbocycles. The van der Waals surface area contributed by atoms with Gasteiger partial charge in [-0.05, 0) is 17.7 Å². The number of hydrogen-bond donors (Lipinski definition) is 1. The second-order valence-corrected chi connectivity index (χ2v) is 6.81. The Morgan fingerprint density at radius 2 is 1.81 bits per heavy atom. The molecule has 5 heteroatoms. The van der Waals surface area contributed by atoms with Crippen LogP contribution in [-0.4, -0.2) is 17.0 Å². The third kappa shape index (κ3) is 4.08. The van der Waals surface area contributed by atoms with Crippen LogP contribution in [0.4, 0.5) is 5.82 Å². The van der Waals surface area contributed by atoms with E-state index in [0.717, 1.165) is 22.9 Å². The number of nitrogens with zero attached hydrogens (tertiary/aromatic N) is 2. The van der Waals surface area contributed by atoms with Crippen LogP contribution in [0.1, 0.15) is 37.9 Å². The number of aromatic nitrogens is 2. The zero-order valence-electron chi connectivity index (χ0n) is 12.7. The van der Waals surface area contributed by atoms with E-state index in [1.54, 1.807) is 6.07 Å². The number of halogens is 2. The Hall–Kier alpha value is -1.32. The SMILES string of the molecule is CNc1cc(C(C)(C)C)nc(Cc2ccc(Cl)cc2Cl)n1. The molecule has 0 aliphatic heterocycles. The molecule has 0 atom stereocenters. The first kappa shape index (κ1) is 16.1. The molecule has 2 aromatic rings. The normalized spacial score (nSPS) is 11.5. The van der Waals surface area contributed by atoms with E-state index in [1.165, 1.54) is 0 Å². The van der Waals surface area contributed by atoms with E-state index in [0.29, 0.717) is 16.5 Å². The number of anilines is 1. The van der Waals surface area contributed by atoms with Gasteiger partial charge in [-0.2, -0.15) is 0 Å². The van der Waals surface area contributed by atoms with Crippen LogP contribution in [0.2, 0.25) is 10.0 Å². The monoisotopic (exact) mass is 323 g/mol. The smallest absolute Gasteiger partial charge is 0.135 e. The van der Waals surface area contributed by atoms with E-state index in [9.17, 15) is 0 Å². The lowest BCUT2D eigenvalue weighted by molar-refractivity contribution is 0.563. The maximum atomic E-state index is 6.23. The summed E-state index contributed by atoms with van der Waals surface area (Å²) in [7, 11) is 1.85. The average molecular weight is 324 g/mol. The molecular formula is C16H19Cl2N3. The van der Waals surface area contributed by atoms with Gasteiger partial charge >= 0.3 is 0 Å². The maximum Gasteiger partial charge on any atom is 0.135 e. The fourth-order valence-electron chi connectivity index (χ4n) is 1.92. The van der Waals surface area contributed by atoms with Gasteiger partial charge < -0.3 is 5.32 Å². The number of hydrogen-bond acceptors (Lipinski definition) is 3. The summed E-state index contributed by atoms with van der Waals surface area (Å²) in [5.41, 5.74) is 1.93. The van der Waals surface area contributed by atoms with E-state index in [1.807, 2.05) is 25.2 Å². The summed E-state index contributed by atoms with van der Waals surface area (Å²) in [5, 5.41) is 4.35. The fourth-order valence-corrected chi connectivity index (χ4v) is 2.40. The van der Waals surface area contributed by atoms with Crippen LogP contribution >= 0.6 is 23.2 Å². The van der Waals surface area contributed by atoms with Crippen LogP contribution in [0.3, 0.4) is 0 Å². The number of rotatable bonds is 3. The molecule has 0 saturated carbocycles. The summed E-state index contributed by atoms with van der Waals surface area (Å²) in [6.45, 7) is 6.40. The zero-order chi connectivity index (χ0) is 15.6. The molecule has 0 radical (unpaired) electrons. The Bertz CT molecular complexity index is 648. The molecule has 0 amide bonds. The van der Waals surface area contributed by atoms with Crippen LogP contribution < -0.4 is 5.32 Å².